The van der Waals surface area contributed by atoms with Gasteiger partial charge in [0, 0.05) is 31.7 Å². The molecule has 0 unspecified atom stereocenters. The molecule has 1 aliphatic rings. The highest BCUT2D eigenvalue weighted by Crippen LogP contribution is 2.23. The van der Waals surface area contributed by atoms with Crippen LogP contribution in [0.25, 0.3) is 11.1 Å². The van der Waals surface area contributed by atoms with E-state index in [0.717, 1.165) is 11.1 Å². The van der Waals surface area contributed by atoms with Crippen LogP contribution in [0.2, 0.25) is 0 Å². The van der Waals surface area contributed by atoms with Crippen molar-refractivity contribution in [2.24, 2.45) is 0 Å². The third kappa shape index (κ3) is 3.98. The molecule has 2 amide bonds. The average Bonchev–Trinajstić information content (AvgIpc) is 3.15. The van der Waals surface area contributed by atoms with E-state index in [1.54, 1.807) is 9.80 Å². The highest BCUT2D eigenvalue weighted by molar-refractivity contribution is 7.99. The van der Waals surface area contributed by atoms with Gasteiger partial charge in [-0.05, 0) is 24.3 Å². The Hall–Kier alpha value is -2.80. The maximum Gasteiger partial charge on any atom is 0.257 e. The largest absolute Gasteiger partial charge is 0.431 e. The number of benzene rings is 2. The zero-order valence-electron chi connectivity index (χ0n) is 14.7. The van der Waals surface area contributed by atoms with E-state index in [1.165, 1.54) is 11.8 Å². The third-order valence-electron chi connectivity index (χ3n) is 4.53. The molecule has 3 aromatic rings. The number of piperazine rings is 1. The lowest BCUT2D eigenvalue weighted by Crippen LogP contribution is -2.51. The summed E-state index contributed by atoms with van der Waals surface area (Å²) in [6, 6.07) is 16.8. The molecule has 2 heterocycles. The van der Waals surface area contributed by atoms with E-state index in [0.29, 0.717) is 37.0 Å². The van der Waals surface area contributed by atoms with Crippen LogP contribution in [-0.2, 0) is 4.79 Å². The first-order valence-corrected chi connectivity index (χ1v) is 9.80. The van der Waals surface area contributed by atoms with Crippen LogP contribution in [0.1, 0.15) is 10.4 Å². The number of hydrogen-bond donors (Lipinski definition) is 0. The maximum absolute atomic E-state index is 12.5. The Kier molecular flexibility index (Phi) is 5.11. The van der Waals surface area contributed by atoms with Crippen molar-refractivity contribution in [1.82, 2.24) is 14.8 Å². The summed E-state index contributed by atoms with van der Waals surface area (Å²) in [5.74, 6) is 0.331. The van der Waals surface area contributed by atoms with Crippen molar-refractivity contribution in [3.8, 4) is 0 Å². The molecule has 1 aliphatic heterocycles. The molecule has 0 bridgehead atoms. The predicted octanol–water partition coefficient (Wildman–Crippen LogP) is 2.90. The molecule has 0 saturated carbocycles. The number of carbonyl (C=O) groups is 2. The first kappa shape index (κ1) is 17.6. The number of amides is 2. The molecule has 0 atom stereocenters. The van der Waals surface area contributed by atoms with E-state index in [2.05, 4.69) is 4.98 Å². The summed E-state index contributed by atoms with van der Waals surface area (Å²) in [7, 11) is 0. The molecular weight excluding hydrogens is 362 g/mol. The molecule has 7 heteroatoms. The van der Waals surface area contributed by atoms with Crippen molar-refractivity contribution in [2.75, 3.05) is 31.9 Å². The highest BCUT2D eigenvalue weighted by Gasteiger charge is 2.25. The highest BCUT2D eigenvalue weighted by atomic mass is 32.2. The van der Waals surface area contributed by atoms with Gasteiger partial charge in [0.1, 0.15) is 5.52 Å². The van der Waals surface area contributed by atoms with Gasteiger partial charge in [-0.3, -0.25) is 9.59 Å². The van der Waals surface area contributed by atoms with Gasteiger partial charge in [-0.25, -0.2) is 4.98 Å². The second-order valence-electron chi connectivity index (χ2n) is 6.28. The van der Waals surface area contributed by atoms with Crippen LogP contribution in [0.5, 0.6) is 0 Å². The van der Waals surface area contributed by atoms with Crippen LogP contribution in [-0.4, -0.2) is 58.5 Å². The van der Waals surface area contributed by atoms with Gasteiger partial charge in [0.05, 0.1) is 5.75 Å². The molecule has 2 aromatic carbocycles. The van der Waals surface area contributed by atoms with E-state index < -0.39 is 0 Å². The van der Waals surface area contributed by atoms with Gasteiger partial charge in [0.25, 0.3) is 11.1 Å². The van der Waals surface area contributed by atoms with Gasteiger partial charge in [-0.15, -0.1) is 0 Å². The summed E-state index contributed by atoms with van der Waals surface area (Å²) in [4.78, 5) is 32.9. The summed E-state index contributed by atoms with van der Waals surface area (Å²) in [5.41, 5.74) is 2.20. The Morgan fingerprint density at radius 2 is 1.59 bits per heavy atom. The maximum atomic E-state index is 12.5. The monoisotopic (exact) mass is 381 g/mol. The van der Waals surface area contributed by atoms with Crippen LogP contribution < -0.4 is 0 Å². The molecule has 0 spiro atoms. The van der Waals surface area contributed by atoms with E-state index >= 15 is 0 Å². The van der Waals surface area contributed by atoms with Crippen LogP contribution in [0, 0.1) is 0 Å². The first-order chi connectivity index (χ1) is 13.2. The van der Waals surface area contributed by atoms with E-state index in [4.69, 9.17) is 4.42 Å². The van der Waals surface area contributed by atoms with Crippen molar-refractivity contribution in [3.05, 3.63) is 60.2 Å². The van der Waals surface area contributed by atoms with Crippen molar-refractivity contribution in [2.45, 2.75) is 5.22 Å². The molecule has 1 fully saturated rings. The van der Waals surface area contributed by atoms with E-state index in [9.17, 15) is 9.59 Å². The lowest BCUT2D eigenvalue weighted by Gasteiger charge is -2.34. The number of oxazole rings is 1. The molecule has 138 valence electrons. The van der Waals surface area contributed by atoms with Gasteiger partial charge in [0.15, 0.2) is 5.58 Å². The Morgan fingerprint density at radius 3 is 2.33 bits per heavy atom. The average molecular weight is 381 g/mol. The van der Waals surface area contributed by atoms with Gasteiger partial charge in [0.2, 0.25) is 5.91 Å². The number of para-hydroxylation sites is 2. The molecule has 0 radical (unpaired) electrons. The van der Waals surface area contributed by atoms with Gasteiger partial charge >= 0.3 is 0 Å². The molecule has 6 nitrogen and oxygen atoms in total. The fourth-order valence-corrected chi connectivity index (χ4v) is 3.79. The summed E-state index contributed by atoms with van der Waals surface area (Å²) in [5, 5.41) is 0.502. The standard InChI is InChI=1S/C20H19N3O3S/c24-18(14-27-20-21-16-8-4-5-9-17(16)26-20)22-10-12-23(13-11-22)19(25)15-6-2-1-3-7-15/h1-9H,10-14H2. The molecule has 0 N–H and O–H groups in total. The molecule has 0 aliphatic carbocycles. The first-order valence-electron chi connectivity index (χ1n) is 8.81. The zero-order chi connectivity index (χ0) is 18.6. The smallest absolute Gasteiger partial charge is 0.257 e. The van der Waals surface area contributed by atoms with Gasteiger partial charge < -0.3 is 14.2 Å². The SMILES string of the molecule is O=C(CSc1nc2ccccc2o1)N1CCN(C(=O)c2ccccc2)CC1. The number of aromatic nitrogens is 1. The Balaban J connectivity index is 1.29. The lowest BCUT2D eigenvalue weighted by molar-refractivity contribution is -0.129. The number of fused-ring (bicyclic) bond motifs is 1. The fourth-order valence-electron chi connectivity index (χ4n) is 3.05. The number of nitrogens with zero attached hydrogens (tertiary/aromatic N) is 3. The third-order valence-corrected chi connectivity index (χ3v) is 5.35. The summed E-state index contributed by atoms with van der Waals surface area (Å²) in [6.07, 6.45) is 0. The summed E-state index contributed by atoms with van der Waals surface area (Å²) in [6.45, 7) is 2.19. The quantitative estimate of drug-likeness (QED) is 0.650. The zero-order valence-corrected chi connectivity index (χ0v) is 15.5. The van der Waals surface area contributed by atoms with Gasteiger partial charge in [-0.1, -0.05) is 42.1 Å². The van der Waals surface area contributed by atoms with Crippen molar-refractivity contribution in [1.29, 1.82) is 0 Å². The number of thioether (sulfide) groups is 1. The van der Waals surface area contributed by atoms with E-state index in [1.807, 2.05) is 54.6 Å². The topological polar surface area (TPSA) is 66.7 Å². The number of rotatable bonds is 4. The van der Waals surface area contributed by atoms with Crippen molar-refractivity contribution < 1.29 is 14.0 Å². The van der Waals surface area contributed by atoms with Crippen LogP contribution in [0.3, 0.4) is 0 Å². The second kappa shape index (κ2) is 7.84. The van der Waals surface area contributed by atoms with Crippen LogP contribution in [0.4, 0.5) is 0 Å². The summed E-state index contributed by atoms with van der Waals surface area (Å²) >= 11 is 1.30. The van der Waals surface area contributed by atoms with Gasteiger partial charge in [-0.2, -0.15) is 0 Å². The Morgan fingerprint density at radius 1 is 0.926 bits per heavy atom. The van der Waals surface area contributed by atoms with E-state index in [-0.39, 0.29) is 17.6 Å². The normalized spacial score (nSPS) is 14.5. The molecule has 4 rings (SSSR count). The fraction of sp³-hybridized carbons (Fsp3) is 0.250. The Bertz CT molecular complexity index is 916. The molecule has 27 heavy (non-hydrogen) atoms. The Labute approximate surface area is 161 Å². The number of hydrogen-bond acceptors (Lipinski definition) is 5. The molecule has 1 saturated heterocycles. The minimum atomic E-state index is 0.0172. The second-order valence-corrected chi connectivity index (χ2v) is 7.20. The van der Waals surface area contributed by atoms with Crippen LogP contribution in [0.15, 0.2) is 64.2 Å². The minimum Gasteiger partial charge on any atom is -0.431 e. The minimum absolute atomic E-state index is 0.0172. The predicted molar refractivity (Wildman–Crippen MR) is 104 cm³/mol. The lowest BCUT2D eigenvalue weighted by atomic mass is 10.2. The van der Waals surface area contributed by atoms with Crippen LogP contribution >= 0.6 is 11.8 Å². The van der Waals surface area contributed by atoms with Crippen molar-refractivity contribution in [3.63, 3.8) is 0 Å². The summed E-state index contributed by atoms with van der Waals surface area (Å²) < 4.78 is 5.63. The number of carbonyl (C=O) groups excluding carboxylic acids is 2. The molecular formula is C20H19N3O3S. The molecule has 1 aromatic heterocycles. The van der Waals surface area contributed by atoms with Crippen molar-refractivity contribution >= 4 is 34.7 Å².